The van der Waals surface area contributed by atoms with Gasteiger partial charge in [-0.2, -0.15) is 0 Å². The molecule has 2 N–H and O–H groups in total. The number of para-hydroxylation sites is 1. The Bertz CT molecular complexity index is 772. The van der Waals surface area contributed by atoms with E-state index in [1.165, 1.54) is 12.7 Å². The molecule has 0 aliphatic rings. The van der Waals surface area contributed by atoms with Gasteiger partial charge in [-0.3, -0.25) is 4.79 Å². The second-order valence-corrected chi connectivity index (χ2v) is 6.60. The number of carbonyl (C=O) groups excluding carboxylic acids is 2. The molecule has 27 heavy (non-hydrogen) atoms. The Hall–Kier alpha value is -2.86. The maximum absolute atomic E-state index is 12.5. The van der Waals surface area contributed by atoms with Crippen LogP contribution in [0.5, 0.6) is 0 Å². The predicted molar refractivity (Wildman–Crippen MR) is 107 cm³/mol. The van der Waals surface area contributed by atoms with Crippen LogP contribution >= 0.6 is 0 Å². The molecule has 0 bridgehead atoms. The summed E-state index contributed by atoms with van der Waals surface area (Å²) in [5, 5.41) is 2.83. The Morgan fingerprint density at radius 2 is 1.74 bits per heavy atom. The van der Waals surface area contributed by atoms with Gasteiger partial charge in [0.05, 0.1) is 24.9 Å². The van der Waals surface area contributed by atoms with Gasteiger partial charge in [-0.15, -0.1) is 0 Å². The number of amides is 1. The third-order valence-electron chi connectivity index (χ3n) is 4.42. The fourth-order valence-corrected chi connectivity index (χ4v) is 2.81. The van der Waals surface area contributed by atoms with Crippen molar-refractivity contribution in [2.24, 2.45) is 0 Å². The van der Waals surface area contributed by atoms with Crippen molar-refractivity contribution >= 4 is 23.3 Å². The van der Waals surface area contributed by atoms with Crippen molar-refractivity contribution in [2.45, 2.75) is 13.5 Å². The number of benzene rings is 2. The topological polar surface area (TPSA) is 63.1 Å². The summed E-state index contributed by atoms with van der Waals surface area (Å²) in [6.45, 7) is 3.96. The van der Waals surface area contributed by atoms with Gasteiger partial charge in [0.25, 0.3) is 5.91 Å². The number of nitrogens with one attached hydrogen (secondary N) is 2. The largest absolute Gasteiger partial charge is 0.465 e. The van der Waals surface area contributed by atoms with Crippen LogP contribution in [0.2, 0.25) is 0 Å². The molecule has 0 saturated carbocycles. The molecule has 2 aromatic rings. The van der Waals surface area contributed by atoms with Crippen molar-refractivity contribution in [2.75, 3.05) is 44.5 Å². The lowest BCUT2D eigenvalue weighted by Crippen LogP contribution is -3.11. The number of hydrogen-bond donors (Lipinski definition) is 2. The van der Waals surface area contributed by atoms with Crippen LogP contribution in [0.1, 0.15) is 22.8 Å². The Morgan fingerprint density at radius 3 is 2.33 bits per heavy atom. The quantitative estimate of drug-likeness (QED) is 0.693. The number of esters is 1. The monoisotopic (exact) mass is 370 g/mol. The lowest BCUT2D eigenvalue weighted by atomic mass is 10.1. The van der Waals surface area contributed by atoms with Crippen LogP contribution in [-0.4, -0.2) is 46.2 Å². The standard InChI is InChI=1S/C21H27N3O3/c1-5-24(14-16-10-12-17(13-11-16)23(2)3)15-20(25)22-19-9-7-6-8-18(19)21(26)27-4/h6-13H,5,14-15H2,1-4H3,(H,22,25)/p+1. The maximum Gasteiger partial charge on any atom is 0.339 e. The van der Waals surface area contributed by atoms with Crippen molar-refractivity contribution in [1.29, 1.82) is 0 Å². The number of rotatable bonds is 8. The summed E-state index contributed by atoms with van der Waals surface area (Å²) in [5.41, 5.74) is 3.15. The van der Waals surface area contributed by atoms with Crippen molar-refractivity contribution in [3.05, 3.63) is 59.7 Å². The highest BCUT2D eigenvalue weighted by molar-refractivity contribution is 6.01. The highest BCUT2D eigenvalue weighted by atomic mass is 16.5. The molecule has 0 heterocycles. The summed E-state index contributed by atoms with van der Waals surface area (Å²) >= 11 is 0. The fraction of sp³-hybridized carbons (Fsp3) is 0.333. The summed E-state index contributed by atoms with van der Waals surface area (Å²) in [5.74, 6) is -0.598. The van der Waals surface area contributed by atoms with Crippen molar-refractivity contribution in [3.8, 4) is 0 Å². The molecule has 0 saturated heterocycles. The minimum atomic E-state index is -0.466. The minimum Gasteiger partial charge on any atom is -0.465 e. The van der Waals surface area contributed by atoms with E-state index in [9.17, 15) is 9.59 Å². The van der Waals surface area contributed by atoms with Crippen LogP contribution in [0.25, 0.3) is 0 Å². The number of methoxy groups -OCH3 is 1. The average Bonchev–Trinajstić information content (AvgIpc) is 2.67. The van der Waals surface area contributed by atoms with E-state index in [1.54, 1.807) is 24.3 Å². The summed E-state index contributed by atoms with van der Waals surface area (Å²) in [7, 11) is 5.34. The summed E-state index contributed by atoms with van der Waals surface area (Å²) in [6.07, 6.45) is 0. The van der Waals surface area contributed by atoms with Gasteiger partial charge in [-0.05, 0) is 31.2 Å². The van der Waals surface area contributed by atoms with E-state index < -0.39 is 5.97 Å². The zero-order valence-corrected chi connectivity index (χ0v) is 16.4. The van der Waals surface area contributed by atoms with Gasteiger partial charge in [0.1, 0.15) is 6.54 Å². The third-order valence-corrected chi connectivity index (χ3v) is 4.42. The first kappa shape index (κ1) is 20.5. The molecule has 0 radical (unpaired) electrons. The number of carbonyl (C=O) groups is 2. The fourth-order valence-electron chi connectivity index (χ4n) is 2.81. The van der Waals surface area contributed by atoms with E-state index in [2.05, 4.69) is 41.4 Å². The average molecular weight is 370 g/mol. The summed E-state index contributed by atoms with van der Waals surface area (Å²) < 4.78 is 4.77. The van der Waals surface area contributed by atoms with E-state index in [4.69, 9.17) is 4.74 Å². The van der Waals surface area contributed by atoms with Crippen LogP contribution in [0, 0.1) is 0 Å². The van der Waals surface area contributed by atoms with Crippen LogP contribution in [-0.2, 0) is 16.1 Å². The Balaban J connectivity index is 2.00. The molecular formula is C21H28N3O3+. The summed E-state index contributed by atoms with van der Waals surface area (Å²) in [4.78, 5) is 27.5. The molecule has 0 aliphatic carbocycles. The molecule has 6 nitrogen and oxygen atoms in total. The maximum atomic E-state index is 12.5. The Morgan fingerprint density at radius 1 is 1.07 bits per heavy atom. The molecule has 1 atom stereocenters. The van der Waals surface area contributed by atoms with Crippen LogP contribution in [0.15, 0.2) is 48.5 Å². The number of ether oxygens (including phenoxy) is 1. The molecule has 0 spiro atoms. The number of nitrogens with zero attached hydrogens (tertiary/aromatic N) is 1. The zero-order valence-electron chi connectivity index (χ0n) is 16.4. The van der Waals surface area contributed by atoms with Crippen molar-refractivity contribution in [1.82, 2.24) is 0 Å². The highest BCUT2D eigenvalue weighted by Gasteiger charge is 2.17. The van der Waals surface area contributed by atoms with E-state index in [1.807, 2.05) is 14.1 Å². The minimum absolute atomic E-state index is 0.131. The molecular weight excluding hydrogens is 342 g/mol. The normalized spacial score (nSPS) is 11.6. The van der Waals surface area contributed by atoms with Gasteiger partial charge < -0.3 is 19.9 Å². The number of likely N-dealkylation sites (N-methyl/N-ethyl adjacent to an activating group) is 1. The first-order valence-electron chi connectivity index (χ1n) is 9.01. The van der Waals surface area contributed by atoms with Gasteiger partial charge in [0.2, 0.25) is 0 Å². The van der Waals surface area contributed by atoms with Gasteiger partial charge in [0.15, 0.2) is 6.54 Å². The number of quaternary nitrogens is 1. The van der Waals surface area contributed by atoms with Gasteiger partial charge in [-0.1, -0.05) is 24.3 Å². The highest BCUT2D eigenvalue weighted by Crippen LogP contribution is 2.15. The lowest BCUT2D eigenvalue weighted by molar-refractivity contribution is -0.903. The van der Waals surface area contributed by atoms with Crippen molar-refractivity contribution in [3.63, 3.8) is 0 Å². The van der Waals surface area contributed by atoms with Gasteiger partial charge in [-0.25, -0.2) is 4.79 Å². The first-order valence-corrected chi connectivity index (χ1v) is 9.01. The van der Waals surface area contributed by atoms with Gasteiger partial charge >= 0.3 is 5.97 Å². The molecule has 0 aromatic heterocycles. The molecule has 2 rings (SSSR count). The zero-order chi connectivity index (χ0) is 19.8. The molecule has 6 heteroatoms. The smallest absolute Gasteiger partial charge is 0.339 e. The SMILES string of the molecule is CC[NH+](CC(=O)Nc1ccccc1C(=O)OC)Cc1ccc(N(C)C)cc1. The molecule has 0 fully saturated rings. The molecule has 0 aliphatic heterocycles. The van der Waals surface area contributed by atoms with Crippen molar-refractivity contribution < 1.29 is 19.2 Å². The molecule has 144 valence electrons. The second kappa shape index (κ2) is 9.73. The van der Waals surface area contributed by atoms with Crippen LogP contribution in [0.4, 0.5) is 11.4 Å². The van der Waals surface area contributed by atoms with E-state index in [0.29, 0.717) is 17.8 Å². The van der Waals surface area contributed by atoms with Crippen LogP contribution in [0.3, 0.4) is 0 Å². The van der Waals surface area contributed by atoms with E-state index in [0.717, 1.165) is 23.7 Å². The van der Waals surface area contributed by atoms with Gasteiger partial charge in [0, 0.05) is 25.3 Å². The first-order chi connectivity index (χ1) is 12.9. The number of anilines is 2. The number of hydrogen-bond acceptors (Lipinski definition) is 4. The predicted octanol–water partition coefficient (Wildman–Crippen LogP) is 1.58. The van der Waals surface area contributed by atoms with Crippen LogP contribution < -0.4 is 15.1 Å². The Labute approximate surface area is 160 Å². The Kier molecular flexibility index (Phi) is 7.37. The lowest BCUT2D eigenvalue weighted by Gasteiger charge is -2.19. The molecule has 1 amide bonds. The molecule has 1 unspecified atom stereocenters. The van der Waals surface area contributed by atoms with E-state index >= 15 is 0 Å². The summed E-state index contributed by atoms with van der Waals surface area (Å²) in [6, 6.07) is 15.2. The molecule has 2 aromatic carbocycles. The second-order valence-electron chi connectivity index (χ2n) is 6.60. The van der Waals surface area contributed by atoms with E-state index in [-0.39, 0.29) is 5.91 Å². The third kappa shape index (κ3) is 5.82.